The van der Waals surface area contributed by atoms with Crippen LogP contribution in [0.4, 0.5) is 0 Å². The molecule has 2 aromatic heterocycles. The number of fused-ring (bicyclic) bond motifs is 1. The van der Waals surface area contributed by atoms with Crippen molar-refractivity contribution in [3.8, 4) is 0 Å². The highest BCUT2D eigenvalue weighted by Crippen LogP contribution is 2.20. The summed E-state index contributed by atoms with van der Waals surface area (Å²) in [5.74, 6) is 0. The molecule has 0 amide bonds. The first-order valence-corrected chi connectivity index (χ1v) is 3.73. The van der Waals surface area contributed by atoms with Crippen LogP contribution in [-0.2, 0) is 0 Å². The minimum atomic E-state index is 0.782. The first kappa shape index (κ1) is 6.68. The average molecular weight is 167 g/mol. The fourth-order valence-corrected chi connectivity index (χ4v) is 1.27. The number of rotatable bonds is 0. The molecule has 0 spiro atoms. The molecule has 0 fully saturated rings. The quantitative estimate of drug-likeness (QED) is 0.587. The summed E-state index contributed by atoms with van der Waals surface area (Å²) in [5.41, 5.74) is 2.05. The summed E-state index contributed by atoms with van der Waals surface area (Å²) in [5, 5.41) is 0.782. The smallest absolute Gasteiger partial charge is 0.0992 e. The molecule has 11 heavy (non-hydrogen) atoms. The topological polar surface area (TPSA) is 17.3 Å². The van der Waals surface area contributed by atoms with Gasteiger partial charge in [-0.1, -0.05) is 11.6 Å². The van der Waals surface area contributed by atoms with Crippen LogP contribution in [0, 0.1) is 6.92 Å². The van der Waals surface area contributed by atoms with Crippen molar-refractivity contribution >= 4 is 17.1 Å². The summed E-state index contributed by atoms with van der Waals surface area (Å²) in [7, 11) is 0. The Morgan fingerprint density at radius 1 is 1.55 bits per heavy atom. The molecule has 0 atom stereocenters. The van der Waals surface area contributed by atoms with E-state index in [0.29, 0.717) is 0 Å². The zero-order valence-electron chi connectivity index (χ0n) is 6.08. The molecule has 0 radical (unpaired) electrons. The summed E-state index contributed by atoms with van der Waals surface area (Å²) in [4.78, 5) is 3.98. The van der Waals surface area contributed by atoms with E-state index in [1.165, 1.54) is 0 Å². The van der Waals surface area contributed by atoms with Crippen LogP contribution in [0.25, 0.3) is 5.52 Å². The van der Waals surface area contributed by atoms with Crippen LogP contribution in [0.5, 0.6) is 0 Å². The predicted octanol–water partition coefficient (Wildman–Crippen LogP) is 2.30. The van der Waals surface area contributed by atoms with Crippen molar-refractivity contribution < 1.29 is 0 Å². The predicted molar refractivity (Wildman–Crippen MR) is 44.9 cm³/mol. The number of aryl methyl sites for hydroxylation is 1. The van der Waals surface area contributed by atoms with Gasteiger partial charge in [-0.05, 0) is 18.6 Å². The van der Waals surface area contributed by atoms with Gasteiger partial charge in [0.25, 0.3) is 0 Å². The van der Waals surface area contributed by atoms with Gasteiger partial charge in [0.1, 0.15) is 0 Å². The maximum absolute atomic E-state index is 6.01. The minimum Gasteiger partial charge on any atom is -0.305 e. The van der Waals surface area contributed by atoms with Crippen LogP contribution in [0.1, 0.15) is 5.56 Å². The van der Waals surface area contributed by atoms with Gasteiger partial charge in [0.2, 0.25) is 0 Å². The SMILES string of the molecule is Cc1ccn2cncc2c1Cl. The van der Waals surface area contributed by atoms with Gasteiger partial charge in [-0.2, -0.15) is 0 Å². The number of nitrogens with zero attached hydrogens (tertiary/aromatic N) is 2. The van der Waals surface area contributed by atoms with E-state index in [9.17, 15) is 0 Å². The van der Waals surface area contributed by atoms with Gasteiger partial charge in [-0.15, -0.1) is 0 Å². The summed E-state index contributed by atoms with van der Waals surface area (Å²) in [6.07, 6.45) is 5.44. The molecule has 0 aliphatic heterocycles. The van der Waals surface area contributed by atoms with E-state index in [-0.39, 0.29) is 0 Å². The van der Waals surface area contributed by atoms with Gasteiger partial charge in [0.15, 0.2) is 0 Å². The van der Waals surface area contributed by atoms with Crippen molar-refractivity contribution in [2.75, 3.05) is 0 Å². The zero-order chi connectivity index (χ0) is 7.84. The molecule has 2 rings (SSSR count). The highest BCUT2D eigenvalue weighted by Gasteiger charge is 2.00. The van der Waals surface area contributed by atoms with Crippen LogP contribution in [0.3, 0.4) is 0 Å². The Morgan fingerprint density at radius 3 is 3.18 bits per heavy atom. The van der Waals surface area contributed by atoms with Gasteiger partial charge >= 0.3 is 0 Å². The van der Waals surface area contributed by atoms with Crippen molar-refractivity contribution in [1.29, 1.82) is 0 Å². The van der Waals surface area contributed by atoms with Crippen molar-refractivity contribution in [2.45, 2.75) is 6.92 Å². The number of hydrogen-bond donors (Lipinski definition) is 0. The standard InChI is InChI=1S/C8H7ClN2/c1-6-2-3-11-5-10-4-7(11)8(6)9/h2-5H,1H3. The van der Waals surface area contributed by atoms with Crippen molar-refractivity contribution in [1.82, 2.24) is 9.38 Å². The number of pyridine rings is 1. The van der Waals surface area contributed by atoms with E-state index >= 15 is 0 Å². The maximum atomic E-state index is 6.01. The molecule has 56 valence electrons. The third-order valence-corrected chi connectivity index (χ3v) is 2.21. The van der Waals surface area contributed by atoms with E-state index in [2.05, 4.69) is 4.98 Å². The molecule has 2 heterocycles. The number of hydrogen-bond acceptors (Lipinski definition) is 1. The molecule has 0 aliphatic carbocycles. The number of aromatic nitrogens is 2. The average Bonchev–Trinajstić information content (AvgIpc) is 2.45. The molecule has 2 aromatic rings. The van der Waals surface area contributed by atoms with E-state index in [0.717, 1.165) is 16.1 Å². The van der Waals surface area contributed by atoms with Crippen molar-refractivity contribution in [2.24, 2.45) is 0 Å². The van der Waals surface area contributed by atoms with Gasteiger partial charge < -0.3 is 4.40 Å². The summed E-state index contributed by atoms with van der Waals surface area (Å²) in [6.45, 7) is 1.98. The Balaban J connectivity index is 2.93. The monoisotopic (exact) mass is 166 g/mol. The van der Waals surface area contributed by atoms with Gasteiger partial charge in [-0.25, -0.2) is 4.98 Å². The molecule has 2 nitrogen and oxygen atoms in total. The summed E-state index contributed by atoms with van der Waals surface area (Å²) in [6, 6.07) is 1.97. The highest BCUT2D eigenvalue weighted by atomic mass is 35.5. The fraction of sp³-hybridized carbons (Fsp3) is 0.125. The summed E-state index contributed by atoms with van der Waals surface area (Å²) >= 11 is 6.01. The Hall–Kier alpha value is -1.02. The first-order valence-electron chi connectivity index (χ1n) is 3.36. The van der Waals surface area contributed by atoms with Crippen LogP contribution < -0.4 is 0 Å². The van der Waals surface area contributed by atoms with E-state index in [4.69, 9.17) is 11.6 Å². The molecule has 0 unspecified atom stereocenters. The van der Waals surface area contributed by atoms with Gasteiger partial charge in [0, 0.05) is 6.20 Å². The third kappa shape index (κ3) is 0.906. The molecule has 0 bridgehead atoms. The molecular weight excluding hydrogens is 160 g/mol. The van der Waals surface area contributed by atoms with Crippen LogP contribution in [-0.4, -0.2) is 9.38 Å². The van der Waals surface area contributed by atoms with Gasteiger partial charge in [0.05, 0.1) is 23.1 Å². The largest absolute Gasteiger partial charge is 0.305 e. The highest BCUT2D eigenvalue weighted by molar-refractivity contribution is 6.34. The maximum Gasteiger partial charge on any atom is 0.0992 e. The van der Waals surface area contributed by atoms with E-state index < -0.39 is 0 Å². The molecule has 0 aromatic carbocycles. The van der Waals surface area contributed by atoms with Crippen LogP contribution >= 0.6 is 11.6 Å². The second-order valence-corrected chi connectivity index (χ2v) is 2.88. The molecular formula is C8H7ClN2. The lowest BCUT2D eigenvalue weighted by Gasteiger charge is -1.98. The molecule has 0 aliphatic rings. The van der Waals surface area contributed by atoms with Crippen LogP contribution in [0.15, 0.2) is 24.8 Å². The molecule has 0 N–H and O–H groups in total. The Labute approximate surface area is 69.4 Å². The molecule has 0 saturated heterocycles. The van der Waals surface area contributed by atoms with Crippen molar-refractivity contribution in [3.05, 3.63) is 35.4 Å². The normalized spacial score (nSPS) is 10.7. The lowest BCUT2D eigenvalue weighted by molar-refractivity contribution is 1.14. The fourth-order valence-electron chi connectivity index (χ4n) is 1.06. The van der Waals surface area contributed by atoms with Crippen LogP contribution in [0.2, 0.25) is 5.02 Å². The van der Waals surface area contributed by atoms with E-state index in [1.807, 2.05) is 23.6 Å². The Kier molecular flexibility index (Phi) is 1.36. The number of imidazole rings is 1. The second-order valence-electron chi connectivity index (χ2n) is 2.50. The van der Waals surface area contributed by atoms with Crippen molar-refractivity contribution in [3.63, 3.8) is 0 Å². The molecule has 0 saturated carbocycles. The molecule has 3 heteroatoms. The Bertz CT molecular complexity index is 392. The minimum absolute atomic E-state index is 0.782. The van der Waals surface area contributed by atoms with E-state index in [1.54, 1.807) is 12.5 Å². The summed E-state index contributed by atoms with van der Waals surface area (Å²) < 4.78 is 1.90. The lowest BCUT2D eigenvalue weighted by atomic mass is 10.3. The third-order valence-electron chi connectivity index (χ3n) is 1.72. The zero-order valence-corrected chi connectivity index (χ0v) is 6.84. The second kappa shape index (κ2) is 2.24. The lowest BCUT2D eigenvalue weighted by Crippen LogP contribution is -1.83. The van der Waals surface area contributed by atoms with Gasteiger partial charge in [-0.3, -0.25) is 0 Å². The first-order chi connectivity index (χ1) is 5.29. The Morgan fingerprint density at radius 2 is 2.36 bits per heavy atom. The number of halogens is 1.